The molecule has 1 aromatic carbocycles. The maximum absolute atomic E-state index is 13.3. The van der Waals surface area contributed by atoms with Crippen molar-refractivity contribution in [1.29, 1.82) is 0 Å². The minimum atomic E-state index is -0.659. The third kappa shape index (κ3) is 2.18. The molecule has 4 heterocycles. The Balaban J connectivity index is 1.66. The van der Waals surface area contributed by atoms with Crippen LogP contribution in [0.2, 0.25) is 0 Å². The first kappa shape index (κ1) is 18.9. The number of fused-ring (bicyclic) bond motifs is 8. The van der Waals surface area contributed by atoms with E-state index in [4.69, 9.17) is 9.47 Å². The van der Waals surface area contributed by atoms with Crippen molar-refractivity contribution in [2.75, 3.05) is 19.1 Å². The second-order valence-electron chi connectivity index (χ2n) is 7.42. The predicted molar refractivity (Wildman–Crippen MR) is 107 cm³/mol. The number of esters is 2. The van der Waals surface area contributed by atoms with Crippen molar-refractivity contribution in [2.24, 2.45) is 11.8 Å². The van der Waals surface area contributed by atoms with Gasteiger partial charge in [-0.2, -0.15) is 0 Å². The van der Waals surface area contributed by atoms with Gasteiger partial charge in [-0.05, 0) is 19.1 Å². The molecule has 8 nitrogen and oxygen atoms in total. The van der Waals surface area contributed by atoms with Crippen molar-refractivity contribution in [3.63, 3.8) is 0 Å². The molecular weight excluding hydrogens is 408 g/mol. The fourth-order valence-corrected chi connectivity index (χ4v) is 6.90. The number of imide groups is 1. The minimum Gasteiger partial charge on any atom is -0.465 e. The number of benzene rings is 1. The van der Waals surface area contributed by atoms with Gasteiger partial charge in [0.05, 0.1) is 53.5 Å². The summed E-state index contributed by atoms with van der Waals surface area (Å²) < 4.78 is 11.7. The Hall–Kier alpha value is -3.07. The molecule has 0 unspecified atom stereocenters. The average molecular weight is 426 g/mol. The van der Waals surface area contributed by atoms with Gasteiger partial charge in [0.2, 0.25) is 11.8 Å². The van der Waals surface area contributed by atoms with Gasteiger partial charge in [0.25, 0.3) is 0 Å². The van der Waals surface area contributed by atoms with Gasteiger partial charge in [0.15, 0.2) is 0 Å². The summed E-state index contributed by atoms with van der Waals surface area (Å²) in [6, 6.07) is 8.83. The van der Waals surface area contributed by atoms with Crippen LogP contribution in [0.3, 0.4) is 0 Å². The number of thioether (sulfide) groups is 1. The van der Waals surface area contributed by atoms with Gasteiger partial charge in [-0.3, -0.25) is 9.59 Å². The van der Waals surface area contributed by atoms with Crippen LogP contribution in [0.15, 0.2) is 30.3 Å². The standard InChI is InChI=1S/C21H18N2O6S/c1-9-11(20(26)28-2)12(21(27)29-3)15-16-13-14(19(30-16)22(9)15)18(25)23(17(13)24)10-7-5-4-6-8-10/h4-8,13-14,16,19H,1-3H3/t13-,14-,16+,19-/m0/s1. The lowest BCUT2D eigenvalue weighted by Crippen LogP contribution is -2.32. The van der Waals surface area contributed by atoms with Crippen molar-refractivity contribution < 1.29 is 28.7 Å². The van der Waals surface area contributed by atoms with Gasteiger partial charge in [-0.15, -0.1) is 11.8 Å². The molecule has 3 aliphatic heterocycles. The molecule has 5 rings (SSSR count). The van der Waals surface area contributed by atoms with Gasteiger partial charge >= 0.3 is 11.9 Å². The summed E-state index contributed by atoms with van der Waals surface area (Å²) in [5, 5.41) is -0.793. The van der Waals surface area contributed by atoms with Crippen LogP contribution in [-0.4, -0.2) is 42.5 Å². The smallest absolute Gasteiger partial charge is 0.340 e. The number of ether oxygens (including phenoxy) is 2. The average Bonchev–Trinajstić information content (AvgIpc) is 3.46. The summed E-state index contributed by atoms with van der Waals surface area (Å²) in [6.07, 6.45) is 0. The number of anilines is 1. The van der Waals surface area contributed by atoms with E-state index in [9.17, 15) is 19.2 Å². The quantitative estimate of drug-likeness (QED) is 0.550. The van der Waals surface area contributed by atoms with E-state index in [-0.39, 0.29) is 28.3 Å². The van der Waals surface area contributed by atoms with Crippen LogP contribution in [-0.2, 0) is 19.1 Å². The minimum absolute atomic E-state index is 0.124. The van der Waals surface area contributed by atoms with Crippen LogP contribution in [0.5, 0.6) is 0 Å². The molecule has 2 bridgehead atoms. The lowest BCUT2D eigenvalue weighted by molar-refractivity contribution is -0.122. The zero-order valence-corrected chi connectivity index (χ0v) is 17.3. The first-order valence-corrected chi connectivity index (χ1v) is 10.4. The van der Waals surface area contributed by atoms with Gasteiger partial charge in [0, 0.05) is 11.4 Å². The molecule has 0 saturated carbocycles. The van der Waals surface area contributed by atoms with Crippen LogP contribution >= 0.6 is 11.8 Å². The van der Waals surface area contributed by atoms with Crippen molar-refractivity contribution in [2.45, 2.75) is 17.5 Å². The zero-order chi connectivity index (χ0) is 21.3. The van der Waals surface area contributed by atoms with E-state index in [1.807, 2.05) is 10.6 Å². The molecule has 2 aromatic rings. The largest absolute Gasteiger partial charge is 0.465 e. The number of methoxy groups -OCH3 is 2. The van der Waals surface area contributed by atoms with Crippen molar-refractivity contribution in [3.05, 3.63) is 52.8 Å². The van der Waals surface area contributed by atoms with Crippen LogP contribution < -0.4 is 4.90 Å². The predicted octanol–water partition coefficient (Wildman–Crippen LogP) is 2.48. The number of hydrogen-bond donors (Lipinski definition) is 0. The van der Waals surface area contributed by atoms with Gasteiger partial charge in [-0.1, -0.05) is 18.2 Å². The van der Waals surface area contributed by atoms with Crippen LogP contribution in [0.25, 0.3) is 0 Å². The number of aromatic nitrogens is 1. The molecule has 0 spiro atoms. The third-order valence-electron chi connectivity index (χ3n) is 6.12. The molecule has 0 aliphatic carbocycles. The first-order valence-electron chi connectivity index (χ1n) is 9.42. The SMILES string of the molecule is COC(=O)c1c(C(=O)OC)c2n(c1C)[C@H]1S[C@@H]2[C@H]2C(=O)N(c3ccccc3)C(=O)[C@H]21. The molecule has 2 amide bonds. The monoisotopic (exact) mass is 426 g/mol. The summed E-state index contributed by atoms with van der Waals surface area (Å²) >= 11 is 1.48. The van der Waals surface area contributed by atoms with E-state index in [0.29, 0.717) is 17.1 Å². The Bertz CT molecular complexity index is 1120. The Morgan fingerprint density at radius 1 is 0.933 bits per heavy atom. The first-order chi connectivity index (χ1) is 14.4. The van der Waals surface area contributed by atoms with E-state index >= 15 is 0 Å². The Kier molecular flexibility index (Phi) is 4.08. The molecule has 9 heteroatoms. The molecule has 30 heavy (non-hydrogen) atoms. The van der Waals surface area contributed by atoms with Crippen molar-refractivity contribution in [3.8, 4) is 0 Å². The highest BCUT2D eigenvalue weighted by molar-refractivity contribution is 8.00. The summed E-state index contributed by atoms with van der Waals surface area (Å²) in [4.78, 5) is 52.9. The summed E-state index contributed by atoms with van der Waals surface area (Å²) in [5.74, 6) is -2.99. The van der Waals surface area contributed by atoms with Gasteiger partial charge < -0.3 is 14.0 Å². The van der Waals surface area contributed by atoms with Crippen molar-refractivity contribution in [1.82, 2.24) is 4.57 Å². The number of nitrogens with zero attached hydrogens (tertiary/aromatic N) is 2. The van der Waals surface area contributed by atoms with Gasteiger partial charge in [-0.25, -0.2) is 14.5 Å². The normalized spacial score (nSPS) is 26.0. The molecule has 4 atom stereocenters. The summed E-state index contributed by atoms with van der Waals surface area (Å²) in [7, 11) is 2.49. The highest BCUT2D eigenvalue weighted by Crippen LogP contribution is 2.67. The highest BCUT2D eigenvalue weighted by Gasteiger charge is 2.66. The van der Waals surface area contributed by atoms with E-state index in [1.165, 1.54) is 30.9 Å². The van der Waals surface area contributed by atoms with E-state index in [2.05, 4.69) is 0 Å². The number of para-hydroxylation sites is 1. The Morgan fingerprint density at radius 3 is 2.17 bits per heavy atom. The molecule has 0 radical (unpaired) electrons. The Labute approximate surface area is 176 Å². The van der Waals surface area contributed by atoms with E-state index < -0.39 is 29.0 Å². The zero-order valence-electron chi connectivity index (χ0n) is 16.4. The van der Waals surface area contributed by atoms with E-state index in [0.717, 1.165) is 0 Å². The molecule has 0 N–H and O–H groups in total. The number of rotatable bonds is 3. The van der Waals surface area contributed by atoms with E-state index in [1.54, 1.807) is 31.2 Å². The molecule has 1 aromatic heterocycles. The molecule has 2 saturated heterocycles. The second-order valence-corrected chi connectivity index (χ2v) is 8.68. The number of carbonyl (C=O) groups excluding carboxylic acids is 4. The topological polar surface area (TPSA) is 94.9 Å². The maximum atomic E-state index is 13.3. The number of amides is 2. The summed E-state index contributed by atoms with van der Waals surface area (Å²) in [5.41, 5.74) is 1.89. The lowest BCUT2D eigenvalue weighted by Gasteiger charge is -2.23. The maximum Gasteiger partial charge on any atom is 0.340 e. The molecule has 154 valence electrons. The third-order valence-corrected chi connectivity index (χ3v) is 7.72. The number of hydrogen-bond acceptors (Lipinski definition) is 7. The van der Waals surface area contributed by atoms with Crippen LogP contribution in [0.4, 0.5) is 5.69 Å². The number of carbonyl (C=O) groups is 4. The van der Waals surface area contributed by atoms with Gasteiger partial charge in [0.1, 0.15) is 0 Å². The van der Waals surface area contributed by atoms with Crippen LogP contribution in [0, 0.1) is 18.8 Å². The second kappa shape index (κ2) is 6.46. The van der Waals surface area contributed by atoms with Crippen molar-refractivity contribution >= 4 is 41.2 Å². The fourth-order valence-electron chi connectivity index (χ4n) is 4.94. The molecular formula is C21H18N2O6S. The fraction of sp³-hybridized carbons (Fsp3) is 0.333. The summed E-state index contributed by atoms with van der Waals surface area (Å²) in [6.45, 7) is 1.72. The highest BCUT2D eigenvalue weighted by atomic mass is 32.2. The lowest BCUT2D eigenvalue weighted by atomic mass is 9.86. The molecule has 2 fully saturated rings. The molecule has 3 aliphatic rings. The Morgan fingerprint density at radius 2 is 1.53 bits per heavy atom. The van der Waals surface area contributed by atoms with Crippen LogP contribution in [0.1, 0.15) is 42.7 Å².